The van der Waals surface area contributed by atoms with E-state index in [2.05, 4.69) is 4.90 Å². The normalized spacial score (nSPS) is 15.0. The Kier molecular flexibility index (Phi) is 6.16. The van der Waals surface area contributed by atoms with Gasteiger partial charge in [-0.2, -0.15) is 9.40 Å². The van der Waals surface area contributed by atoms with Gasteiger partial charge in [-0.05, 0) is 43.3 Å². The molecule has 2 aromatic heterocycles. The monoisotopic (exact) mass is 492 g/mol. The van der Waals surface area contributed by atoms with Crippen molar-refractivity contribution in [3.8, 4) is 11.4 Å². The van der Waals surface area contributed by atoms with Gasteiger partial charge in [-0.15, -0.1) is 0 Å². The van der Waals surface area contributed by atoms with E-state index in [9.17, 15) is 8.42 Å². The highest BCUT2D eigenvalue weighted by Gasteiger charge is 2.30. The molecule has 4 aromatic rings. The molecule has 0 unspecified atom stereocenters. The van der Waals surface area contributed by atoms with E-state index < -0.39 is 10.0 Å². The van der Waals surface area contributed by atoms with Crippen molar-refractivity contribution in [3.05, 3.63) is 66.1 Å². The molecule has 35 heavy (non-hydrogen) atoms. The minimum Gasteiger partial charge on any atom is -0.497 e. The summed E-state index contributed by atoms with van der Waals surface area (Å²) in [5.74, 6) is 2.30. The van der Waals surface area contributed by atoms with Crippen molar-refractivity contribution < 1.29 is 13.2 Å². The smallest absolute Gasteiger partial charge is 0.243 e. The van der Waals surface area contributed by atoms with E-state index >= 15 is 0 Å². The number of methoxy groups -OCH3 is 1. The van der Waals surface area contributed by atoms with Crippen LogP contribution in [0, 0.1) is 6.92 Å². The van der Waals surface area contributed by atoms with Crippen LogP contribution >= 0.6 is 0 Å². The number of ether oxygens (including phenoxy) is 1. The van der Waals surface area contributed by atoms with Gasteiger partial charge in [0.15, 0.2) is 5.65 Å². The topological polar surface area (TPSA) is 93.5 Å². The number of benzene rings is 2. The molecule has 3 heterocycles. The first-order chi connectivity index (χ1) is 16.9. The fraction of sp³-hybridized carbons (Fsp3) is 0.320. The number of hydrogen-bond acceptors (Lipinski definition) is 7. The summed E-state index contributed by atoms with van der Waals surface area (Å²) in [6, 6.07) is 16.3. The lowest BCUT2D eigenvalue weighted by atomic mass is 10.2. The minimum atomic E-state index is -3.52. The average Bonchev–Trinajstić information content (AvgIpc) is 3.25. The average molecular weight is 493 g/mol. The maximum absolute atomic E-state index is 13.1. The Bertz CT molecular complexity index is 1440. The lowest BCUT2D eigenvalue weighted by Crippen LogP contribution is -2.49. The van der Waals surface area contributed by atoms with Gasteiger partial charge in [-0.1, -0.05) is 25.1 Å². The van der Waals surface area contributed by atoms with Crippen molar-refractivity contribution in [1.29, 1.82) is 0 Å². The number of aryl methyl sites for hydroxylation is 2. The lowest BCUT2D eigenvalue weighted by molar-refractivity contribution is 0.384. The molecule has 0 atom stereocenters. The number of rotatable bonds is 6. The maximum Gasteiger partial charge on any atom is 0.243 e. The van der Waals surface area contributed by atoms with Crippen molar-refractivity contribution in [2.75, 3.05) is 38.2 Å². The van der Waals surface area contributed by atoms with Gasteiger partial charge in [0, 0.05) is 32.6 Å². The number of anilines is 1. The third-order valence-corrected chi connectivity index (χ3v) is 8.19. The van der Waals surface area contributed by atoms with Crippen LogP contribution in [0.5, 0.6) is 5.75 Å². The van der Waals surface area contributed by atoms with Crippen molar-refractivity contribution in [2.45, 2.75) is 25.2 Å². The molecular weight excluding hydrogens is 464 g/mol. The quantitative estimate of drug-likeness (QED) is 0.408. The summed E-state index contributed by atoms with van der Waals surface area (Å²) in [5, 5.41) is 5.67. The minimum absolute atomic E-state index is 0.322. The molecule has 1 aliphatic heterocycles. The molecule has 0 aliphatic carbocycles. The Labute approximate surface area is 205 Å². The molecule has 0 spiro atoms. The third-order valence-electron chi connectivity index (χ3n) is 6.28. The third kappa shape index (κ3) is 4.23. The molecule has 10 heteroatoms. The van der Waals surface area contributed by atoms with E-state index in [1.54, 1.807) is 35.7 Å². The van der Waals surface area contributed by atoms with E-state index in [1.807, 2.05) is 48.9 Å². The summed E-state index contributed by atoms with van der Waals surface area (Å²) in [6.45, 7) is 5.82. The molecule has 0 radical (unpaired) electrons. The Morgan fingerprint density at radius 1 is 0.943 bits per heavy atom. The van der Waals surface area contributed by atoms with E-state index in [0.717, 1.165) is 39.8 Å². The van der Waals surface area contributed by atoms with Gasteiger partial charge in [-0.25, -0.2) is 23.1 Å². The molecular formula is C25H28N6O3S. The zero-order valence-electron chi connectivity index (χ0n) is 20.0. The standard InChI is InChI=1S/C25H28N6O3S/c1-4-22-26-24(29-14-16-30(17-15-29)35(32,33)21-8-6-5-7-9-21)23-18(2)28-31(25(23)27-22)19-10-12-20(34-3)13-11-19/h5-13H,4,14-17H2,1-3H3. The first-order valence-electron chi connectivity index (χ1n) is 11.6. The molecule has 0 amide bonds. The summed E-state index contributed by atoms with van der Waals surface area (Å²) < 4.78 is 34.8. The summed E-state index contributed by atoms with van der Waals surface area (Å²) in [6.07, 6.45) is 0.679. The molecule has 1 saturated heterocycles. The van der Waals surface area contributed by atoms with Gasteiger partial charge in [0.25, 0.3) is 0 Å². The number of sulfonamides is 1. The van der Waals surface area contributed by atoms with Crippen molar-refractivity contribution in [3.63, 3.8) is 0 Å². The van der Waals surface area contributed by atoms with Gasteiger partial charge in [-0.3, -0.25) is 0 Å². The summed E-state index contributed by atoms with van der Waals surface area (Å²) >= 11 is 0. The number of nitrogens with zero attached hydrogens (tertiary/aromatic N) is 6. The second-order valence-electron chi connectivity index (χ2n) is 8.42. The second-order valence-corrected chi connectivity index (χ2v) is 10.4. The van der Waals surface area contributed by atoms with Gasteiger partial charge < -0.3 is 9.64 Å². The Morgan fingerprint density at radius 2 is 1.63 bits per heavy atom. The fourth-order valence-corrected chi connectivity index (χ4v) is 5.82. The second kappa shape index (κ2) is 9.27. The Balaban J connectivity index is 1.48. The molecule has 9 nitrogen and oxygen atoms in total. The van der Waals surface area contributed by atoms with Crippen LogP contribution in [-0.2, 0) is 16.4 Å². The predicted molar refractivity (Wildman–Crippen MR) is 135 cm³/mol. The van der Waals surface area contributed by atoms with Crippen LogP contribution in [0.4, 0.5) is 5.82 Å². The molecule has 0 saturated carbocycles. The highest BCUT2D eigenvalue weighted by atomic mass is 32.2. The SMILES string of the molecule is CCc1nc(N2CCN(S(=O)(=O)c3ccccc3)CC2)c2c(C)nn(-c3ccc(OC)cc3)c2n1. The Morgan fingerprint density at radius 3 is 2.26 bits per heavy atom. The van der Waals surface area contributed by atoms with Crippen molar-refractivity contribution in [2.24, 2.45) is 0 Å². The van der Waals surface area contributed by atoms with E-state index in [4.69, 9.17) is 19.8 Å². The molecule has 182 valence electrons. The predicted octanol–water partition coefficient (Wildman–Crippen LogP) is 3.21. The molecule has 1 fully saturated rings. The van der Waals surface area contributed by atoms with Gasteiger partial charge >= 0.3 is 0 Å². The highest BCUT2D eigenvalue weighted by molar-refractivity contribution is 7.89. The van der Waals surface area contributed by atoms with Crippen LogP contribution < -0.4 is 9.64 Å². The number of fused-ring (bicyclic) bond motifs is 1. The van der Waals surface area contributed by atoms with Crippen LogP contribution in [0.25, 0.3) is 16.7 Å². The van der Waals surface area contributed by atoms with Crippen LogP contribution in [0.1, 0.15) is 18.4 Å². The molecule has 1 aliphatic rings. The first kappa shape index (κ1) is 23.3. The van der Waals surface area contributed by atoms with Crippen LogP contribution in [-0.4, -0.2) is 65.8 Å². The van der Waals surface area contributed by atoms with Gasteiger partial charge in [0.2, 0.25) is 10.0 Å². The molecule has 2 aromatic carbocycles. The summed E-state index contributed by atoms with van der Waals surface area (Å²) in [4.78, 5) is 12.1. The maximum atomic E-state index is 13.1. The molecule has 0 bridgehead atoms. The summed E-state index contributed by atoms with van der Waals surface area (Å²) in [7, 11) is -1.88. The van der Waals surface area contributed by atoms with E-state index in [1.165, 1.54) is 0 Å². The fourth-order valence-electron chi connectivity index (χ4n) is 4.38. The molecule has 0 N–H and O–H groups in total. The van der Waals surface area contributed by atoms with E-state index in [0.29, 0.717) is 37.5 Å². The van der Waals surface area contributed by atoms with Crippen molar-refractivity contribution in [1.82, 2.24) is 24.1 Å². The lowest BCUT2D eigenvalue weighted by Gasteiger charge is -2.35. The summed E-state index contributed by atoms with van der Waals surface area (Å²) in [5.41, 5.74) is 2.45. The largest absolute Gasteiger partial charge is 0.497 e. The zero-order valence-corrected chi connectivity index (χ0v) is 20.9. The van der Waals surface area contributed by atoms with Crippen molar-refractivity contribution >= 4 is 26.9 Å². The number of piperazine rings is 1. The zero-order chi connectivity index (χ0) is 24.6. The number of aromatic nitrogens is 4. The number of hydrogen-bond donors (Lipinski definition) is 0. The highest BCUT2D eigenvalue weighted by Crippen LogP contribution is 2.31. The molecule has 5 rings (SSSR count). The van der Waals surface area contributed by atoms with E-state index in [-0.39, 0.29) is 0 Å². The van der Waals surface area contributed by atoms with Crippen LogP contribution in [0.15, 0.2) is 59.5 Å². The van der Waals surface area contributed by atoms with Crippen LogP contribution in [0.2, 0.25) is 0 Å². The van der Waals surface area contributed by atoms with Crippen LogP contribution in [0.3, 0.4) is 0 Å². The first-order valence-corrected chi connectivity index (χ1v) is 13.1. The van der Waals surface area contributed by atoms with Gasteiger partial charge in [0.1, 0.15) is 17.4 Å². The Hall–Kier alpha value is -3.50. The van der Waals surface area contributed by atoms with Gasteiger partial charge in [0.05, 0.1) is 28.8 Å².